The van der Waals surface area contributed by atoms with Crippen molar-refractivity contribution in [1.82, 2.24) is 5.32 Å². The summed E-state index contributed by atoms with van der Waals surface area (Å²) in [7, 11) is 0. The Balaban J connectivity index is 2.26. The second kappa shape index (κ2) is 3.35. The van der Waals surface area contributed by atoms with Gasteiger partial charge in [0.15, 0.2) is 0 Å². The van der Waals surface area contributed by atoms with Crippen LogP contribution in [0, 0.1) is 0 Å². The fourth-order valence-electron chi connectivity index (χ4n) is 1.56. The SMILES string of the molecule is CC(C)N[C@@H]1CCCC1O. The van der Waals surface area contributed by atoms with Crippen LogP contribution in [0.4, 0.5) is 0 Å². The number of hydrogen-bond donors (Lipinski definition) is 2. The lowest BCUT2D eigenvalue weighted by Gasteiger charge is -2.18. The van der Waals surface area contributed by atoms with Gasteiger partial charge >= 0.3 is 0 Å². The van der Waals surface area contributed by atoms with Crippen molar-refractivity contribution in [2.75, 3.05) is 0 Å². The fraction of sp³-hybridized carbons (Fsp3) is 1.00. The van der Waals surface area contributed by atoms with Crippen LogP contribution < -0.4 is 5.32 Å². The molecule has 0 amide bonds. The highest BCUT2D eigenvalue weighted by molar-refractivity contribution is 4.83. The molecule has 60 valence electrons. The molecular weight excluding hydrogens is 126 g/mol. The van der Waals surface area contributed by atoms with Crippen LogP contribution >= 0.6 is 0 Å². The maximum atomic E-state index is 9.38. The molecule has 0 aromatic carbocycles. The van der Waals surface area contributed by atoms with Crippen LogP contribution in [0.3, 0.4) is 0 Å². The van der Waals surface area contributed by atoms with Crippen LogP contribution in [0.25, 0.3) is 0 Å². The lowest BCUT2D eigenvalue weighted by molar-refractivity contribution is 0.145. The largest absolute Gasteiger partial charge is 0.392 e. The van der Waals surface area contributed by atoms with Gasteiger partial charge < -0.3 is 10.4 Å². The number of nitrogens with one attached hydrogen (secondary N) is 1. The number of rotatable bonds is 2. The maximum Gasteiger partial charge on any atom is 0.0693 e. The van der Waals surface area contributed by atoms with E-state index < -0.39 is 0 Å². The predicted molar refractivity (Wildman–Crippen MR) is 41.9 cm³/mol. The number of aliphatic hydroxyl groups is 1. The van der Waals surface area contributed by atoms with Gasteiger partial charge in [-0.15, -0.1) is 0 Å². The molecule has 0 saturated heterocycles. The van der Waals surface area contributed by atoms with Crippen LogP contribution in [-0.2, 0) is 0 Å². The molecule has 1 fully saturated rings. The molecule has 2 heteroatoms. The van der Waals surface area contributed by atoms with Crippen LogP contribution in [0.1, 0.15) is 33.1 Å². The zero-order valence-electron chi connectivity index (χ0n) is 6.80. The van der Waals surface area contributed by atoms with Crippen LogP contribution in [0.5, 0.6) is 0 Å². The summed E-state index contributed by atoms with van der Waals surface area (Å²) < 4.78 is 0. The van der Waals surface area contributed by atoms with Crippen molar-refractivity contribution in [3.63, 3.8) is 0 Å². The molecule has 2 N–H and O–H groups in total. The lowest BCUT2D eigenvalue weighted by atomic mass is 10.2. The third kappa shape index (κ3) is 1.96. The summed E-state index contributed by atoms with van der Waals surface area (Å²) in [5, 5.41) is 12.7. The summed E-state index contributed by atoms with van der Waals surface area (Å²) in [6, 6.07) is 0.859. The quantitative estimate of drug-likeness (QED) is 0.602. The Labute approximate surface area is 62.6 Å². The Morgan fingerprint density at radius 3 is 2.50 bits per heavy atom. The molecule has 0 aliphatic heterocycles. The van der Waals surface area contributed by atoms with E-state index >= 15 is 0 Å². The van der Waals surface area contributed by atoms with E-state index in [1.54, 1.807) is 0 Å². The molecule has 2 nitrogen and oxygen atoms in total. The zero-order valence-corrected chi connectivity index (χ0v) is 6.80. The normalized spacial score (nSPS) is 33.6. The van der Waals surface area contributed by atoms with E-state index in [1.165, 1.54) is 6.42 Å². The molecule has 0 aromatic rings. The Morgan fingerprint density at radius 1 is 1.40 bits per heavy atom. The number of aliphatic hydroxyl groups excluding tert-OH is 1. The first-order valence-corrected chi connectivity index (χ1v) is 4.14. The average Bonchev–Trinajstić information content (AvgIpc) is 2.15. The van der Waals surface area contributed by atoms with Crippen molar-refractivity contribution < 1.29 is 5.11 Å². The minimum absolute atomic E-state index is 0.0950. The molecule has 0 heterocycles. The summed E-state index contributed by atoms with van der Waals surface area (Å²) in [4.78, 5) is 0. The molecule has 1 aliphatic rings. The second-order valence-electron chi connectivity index (χ2n) is 3.43. The van der Waals surface area contributed by atoms with Crippen LogP contribution in [0.15, 0.2) is 0 Å². The molecule has 0 spiro atoms. The zero-order chi connectivity index (χ0) is 7.56. The van der Waals surface area contributed by atoms with Gasteiger partial charge in [-0.1, -0.05) is 13.8 Å². The van der Waals surface area contributed by atoms with E-state index in [1.807, 2.05) is 0 Å². The van der Waals surface area contributed by atoms with Crippen molar-refractivity contribution >= 4 is 0 Å². The second-order valence-corrected chi connectivity index (χ2v) is 3.43. The van der Waals surface area contributed by atoms with Crippen LogP contribution in [-0.4, -0.2) is 23.3 Å². The molecule has 0 radical (unpaired) electrons. The van der Waals surface area contributed by atoms with E-state index in [4.69, 9.17) is 0 Å². The lowest BCUT2D eigenvalue weighted by Crippen LogP contribution is -2.39. The third-order valence-electron chi connectivity index (χ3n) is 2.03. The molecular formula is C8H17NO. The standard InChI is InChI=1S/C8H17NO/c1-6(2)9-7-4-3-5-8(7)10/h6-10H,3-5H2,1-2H3/t7-,8?/m1/s1. The molecule has 10 heavy (non-hydrogen) atoms. The Kier molecular flexibility index (Phi) is 2.69. The highest BCUT2D eigenvalue weighted by Gasteiger charge is 2.24. The summed E-state index contributed by atoms with van der Waals surface area (Å²) in [5.41, 5.74) is 0. The minimum Gasteiger partial charge on any atom is -0.392 e. The van der Waals surface area contributed by atoms with Gasteiger partial charge in [0.1, 0.15) is 0 Å². The predicted octanol–water partition coefficient (Wildman–Crippen LogP) is 0.898. The van der Waals surface area contributed by atoms with Crippen molar-refractivity contribution in [2.45, 2.75) is 51.3 Å². The van der Waals surface area contributed by atoms with Gasteiger partial charge in [0.25, 0.3) is 0 Å². The monoisotopic (exact) mass is 143 g/mol. The van der Waals surface area contributed by atoms with Gasteiger partial charge in [0.2, 0.25) is 0 Å². The van der Waals surface area contributed by atoms with Crippen molar-refractivity contribution in [1.29, 1.82) is 0 Å². The van der Waals surface area contributed by atoms with Crippen molar-refractivity contribution in [3.05, 3.63) is 0 Å². The van der Waals surface area contributed by atoms with E-state index in [0.29, 0.717) is 12.1 Å². The van der Waals surface area contributed by atoms with E-state index in [0.717, 1.165) is 12.8 Å². The van der Waals surface area contributed by atoms with E-state index in [2.05, 4.69) is 19.2 Å². The van der Waals surface area contributed by atoms with Gasteiger partial charge in [0.05, 0.1) is 6.10 Å². The summed E-state index contributed by atoms with van der Waals surface area (Å²) in [6.45, 7) is 4.23. The molecule has 1 rings (SSSR count). The van der Waals surface area contributed by atoms with Crippen LogP contribution in [0.2, 0.25) is 0 Å². The molecule has 0 bridgehead atoms. The average molecular weight is 143 g/mol. The van der Waals surface area contributed by atoms with E-state index in [-0.39, 0.29) is 6.10 Å². The van der Waals surface area contributed by atoms with Crippen molar-refractivity contribution in [2.24, 2.45) is 0 Å². The maximum absolute atomic E-state index is 9.38. The fourth-order valence-corrected chi connectivity index (χ4v) is 1.56. The molecule has 2 atom stereocenters. The third-order valence-corrected chi connectivity index (χ3v) is 2.03. The minimum atomic E-state index is -0.0950. The number of hydrogen-bond acceptors (Lipinski definition) is 2. The van der Waals surface area contributed by atoms with Gasteiger partial charge in [0, 0.05) is 12.1 Å². The molecule has 1 unspecified atom stereocenters. The van der Waals surface area contributed by atoms with Gasteiger partial charge in [-0.25, -0.2) is 0 Å². The smallest absolute Gasteiger partial charge is 0.0693 e. The topological polar surface area (TPSA) is 32.3 Å². The van der Waals surface area contributed by atoms with Crippen molar-refractivity contribution in [3.8, 4) is 0 Å². The molecule has 1 aliphatic carbocycles. The highest BCUT2D eigenvalue weighted by Crippen LogP contribution is 2.18. The first-order valence-electron chi connectivity index (χ1n) is 4.14. The Bertz CT molecular complexity index is 103. The first kappa shape index (κ1) is 8.02. The van der Waals surface area contributed by atoms with E-state index in [9.17, 15) is 5.11 Å². The van der Waals surface area contributed by atoms with Gasteiger partial charge in [-0.05, 0) is 19.3 Å². The first-order chi connectivity index (χ1) is 4.70. The Morgan fingerprint density at radius 2 is 2.10 bits per heavy atom. The summed E-state index contributed by atoms with van der Waals surface area (Å²) >= 11 is 0. The summed E-state index contributed by atoms with van der Waals surface area (Å²) in [5.74, 6) is 0. The summed E-state index contributed by atoms with van der Waals surface area (Å²) in [6.07, 6.45) is 3.19. The Hall–Kier alpha value is -0.0800. The van der Waals surface area contributed by atoms with Gasteiger partial charge in [-0.3, -0.25) is 0 Å². The molecule has 1 saturated carbocycles. The molecule has 0 aromatic heterocycles. The van der Waals surface area contributed by atoms with Gasteiger partial charge in [-0.2, -0.15) is 0 Å². The highest BCUT2D eigenvalue weighted by atomic mass is 16.3.